The molecule has 0 aromatic rings. The largest absolute Gasteiger partial charge is 1.00 e. The van der Waals surface area contributed by atoms with Crippen LogP contribution in [0.4, 0.5) is 0 Å². The van der Waals surface area contributed by atoms with E-state index < -0.39 is 5.60 Å². The zero-order chi connectivity index (χ0) is 9.07. The standard InChI is InChI=1S/C8H17NO2.ClH/c1-8(2,11)7(10)5-6-9(3)4;/h11H,5-6H2,1-4H3;1H. The van der Waals surface area contributed by atoms with E-state index in [-0.39, 0.29) is 18.2 Å². The first-order valence-electron chi connectivity index (χ1n) is 3.88. The quantitative estimate of drug-likeness (QED) is 0.479. The summed E-state index contributed by atoms with van der Waals surface area (Å²) < 4.78 is 0. The van der Waals surface area contributed by atoms with Gasteiger partial charge in [-0.3, -0.25) is 4.79 Å². The Kier molecular flexibility index (Phi) is 6.62. The topological polar surface area (TPSA) is 41.7 Å². The molecule has 0 aliphatic rings. The smallest absolute Gasteiger partial charge is 0.169 e. The lowest BCUT2D eigenvalue weighted by molar-refractivity contribution is -0.857. The highest BCUT2D eigenvalue weighted by Gasteiger charge is 2.23. The van der Waals surface area contributed by atoms with Crippen molar-refractivity contribution in [2.75, 3.05) is 20.6 Å². The van der Waals surface area contributed by atoms with Gasteiger partial charge in [0.15, 0.2) is 5.78 Å². The second kappa shape index (κ2) is 5.51. The fourth-order valence-corrected chi connectivity index (χ4v) is 0.669. The van der Waals surface area contributed by atoms with Gasteiger partial charge in [-0.05, 0) is 13.8 Å². The molecule has 0 rings (SSSR count). The van der Waals surface area contributed by atoms with E-state index >= 15 is 0 Å². The molecule has 0 saturated heterocycles. The van der Waals surface area contributed by atoms with E-state index in [4.69, 9.17) is 0 Å². The molecule has 0 bridgehead atoms. The maximum Gasteiger partial charge on any atom is 0.169 e. The number of quaternary nitrogens is 1. The summed E-state index contributed by atoms with van der Waals surface area (Å²) in [4.78, 5) is 12.3. The summed E-state index contributed by atoms with van der Waals surface area (Å²) in [6.07, 6.45) is 0.450. The number of nitrogens with one attached hydrogen (secondary N) is 1. The number of hydrogen-bond acceptors (Lipinski definition) is 2. The summed E-state index contributed by atoms with van der Waals surface area (Å²) in [7, 11) is 3.97. The van der Waals surface area contributed by atoms with Crippen molar-refractivity contribution in [3.63, 3.8) is 0 Å². The number of ketones is 1. The molecule has 0 amide bonds. The van der Waals surface area contributed by atoms with E-state index in [1.807, 2.05) is 14.1 Å². The molecule has 12 heavy (non-hydrogen) atoms. The van der Waals surface area contributed by atoms with Gasteiger partial charge in [-0.25, -0.2) is 0 Å². The highest BCUT2D eigenvalue weighted by Crippen LogP contribution is 2.03. The Hall–Kier alpha value is -0.120. The summed E-state index contributed by atoms with van der Waals surface area (Å²) in [6.45, 7) is 3.84. The highest BCUT2D eigenvalue weighted by atomic mass is 35.5. The monoisotopic (exact) mass is 195 g/mol. The van der Waals surface area contributed by atoms with Crippen molar-refractivity contribution in [3.8, 4) is 0 Å². The molecule has 0 radical (unpaired) electrons. The lowest BCUT2D eigenvalue weighted by atomic mass is 10.0. The molecule has 3 nitrogen and oxygen atoms in total. The normalized spacial score (nSPS) is 11.2. The van der Waals surface area contributed by atoms with Crippen LogP contribution in [0.2, 0.25) is 0 Å². The van der Waals surface area contributed by atoms with Gasteiger partial charge in [0.05, 0.1) is 27.1 Å². The van der Waals surface area contributed by atoms with Crippen LogP contribution >= 0.6 is 0 Å². The molecule has 0 unspecified atom stereocenters. The molecular formula is C8H18ClNO2. The van der Waals surface area contributed by atoms with Gasteiger partial charge in [0, 0.05) is 0 Å². The Labute approximate surface area is 80.2 Å². The van der Waals surface area contributed by atoms with Gasteiger partial charge in [0.1, 0.15) is 5.60 Å². The summed E-state index contributed by atoms with van der Waals surface area (Å²) in [5.74, 6) is -0.0845. The first-order chi connectivity index (χ1) is 4.84. The fourth-order valence-electron chi connectivity index (χ4n) is 0.669. The number of carbonyl (C=O) groups is 1. The van der Waals surface area contributed by atoms with Crippen molar-refractivity contribution in [1.29, 1.82) is 0 Å². The fraction of sp³-hybridized carbons (Fsp3) is 0.875. The minimum absolute atomic E-state index is 0. The third kappa shape index (κ3) is 6.58. The van der Waals surface area contributed by atoms with Crippen LogP contribution < -0.4 is 17.3 Å². The molecule has 0 aliphatic heterocycles. The lowest BCUT2D eigenvalue weighted by Gasteiger charge is -2.15. The van der Waals surface area contributed by atoms with E-state index in [1.165, 1.54) is 18.7 Å². The number of halogens is 1. The zero-order valence-electron chi connectivity index (χ0n) is 8.15. The maximum atomic E-state index is 11.1. The lowest BCUT2D eigenvalue weighted by Crippen LogP contribution is -3.05. The van der Waals surface area contributed by atoms with E-state index in [2.05, 4.69) is 0 Å². The van der Waals surface area contributed by atoms with E-state index in [1.54, 1.807) is 0 Å². The Morgan fingerprint density at radius 2 is 1.83 bits per heavy atom. The predicted molar refractivity (Wildman–Crippen MR) is 43.6 cm³/mol. The highest BCUT2D eigenvalue weighted by molar-refractivity contribution is 5.86. The Morgan fingerprint density at radius 1 is 1.42 bits per heavy atom. The van der Waals surface area contributed by atoms with E-state index in [0.717, 1.165) is 6.54 Å². The van der Waals surface area contributed by atoms with Crippen LogP contribution in [0.1, 0.15) is 20.3 Å². The van der Waals surface area contributed by atoms with Crippen molar-refractivity contribution in [1.82, 2.24) is 0 Å². The first-order valence-corrected chi connectivity index (χ1v) is 3.88. The van der Waals surface area contributed by atoms with Gasteiger partial charge in [-0.2, -0.15) is 0 Å². The van der Waals surface area contributed by atoms with E-state index in [9.17, 15) is 9.90 Å². The molecule has 4 heteroatoms. The van der Waals surface area contributed by atoms with Crippen LogP contribution in [-0.2, 0) is 4.79 Å². The molecule has 74 valence electrons. The number of carbonyl (C=O) groups excluding carboxylic acids is 1. The molecule has 0 aromatic heterocycles. The second-order valence-electron chi connectivity index (χ2n) is 3.69. The number of hydrogen-bond donors (Lipinski definition) is 2. The van der Waals surface area contributed by atoms with Crippen LogP contribution in [0.5, 0.6) is 0 Å². The molecule has 0 atom stereocenters. The van der Waals surface area contributed by atoms with Gasteiger partial charge < -0.3 is 22.4 Å². The summed E-state index contributed by atoms with van der Waals surface area (Å²) >= 11 is 0. The summed E-state index contributed by atoms with van der Waals surface area (Å²) in [5, 5.41) is 9.24. The predicted octanol–water partition coefficient (Wildman–Crippen LogP) is -4.13. The third-order valence-corrected chi connectivity index (χ3v) is 1.53. The summed E-state index contributed by atoms with van der Waals surface area (Å²) in [5.41, 5.74) is -1.16. The van der Waals surface area contributed by atoms with Crippen molar-refractivity contribution < 1.29 is 27.2 Å². The van der Waals surface area contributed by atoms with Crippen LogP contribution in [0.3, 0.4) is 0 Å². The maximum absolute atomic E-state index is 11.1. The van der Waals surface area contributed by atoms with E-state index in [0.29, 0.717) is 6.42 Å². The van der Waals surface area contributed by atoms with Gasteiger partial charge >= 0.3 is 0 Å². The zero-order valence-corrected chi connectivity index (χ0v) is 8.90. The number of aliphatic hydroxyl groups is 1. The molecule has 2 N–H and O–H groups in total. The van der Waals surface area contributed by atoms with Crippen molar-refractivity contribution in [2.24, 2.45) is 0 Å². The average molecular weight is 196 g/mol. The molecule has 0 saturated carbocycles. The number of Topliss-reactive ketones (excluding diaryl/α,β-unsaturated/α-hetero) is 1. The second-order valence-corrected chi connectivity index (χ2v) is 3.69. The minimum Gasteiger partial charge on any atom is -1.00 e. The number of rotatable bonds is 4. The molecule has 0 aliphatic carbocycles. The van der Waals surface area contributed by atoms with Crippen LogP contribution in [-0.4, -0.2) is 37.1 Å². The SMILES string of the molecule is C[NH+](C)CCC(=O)C(C)(C)O.[Cl-]. The Bertz CT molecular complexity index is 140. The van der Waals surface area contributed by atoms with Crippen LogP contribution in [0.25, 0.3) is 0 Å². The van der Waals surface area contributed by atoms with Crippen molar-refractivity contribution >= 4 is 5.78 Å². The van der Waals surface area contributed by atoms with Crippen LogP contribution in [0.15, 0.2) is 0 Å². The van der Waals surface area contributed by atoms with Crippen molar-refractivity contribution in [3.05, 3.63) is 0 Å². The van der Waals surface area contributed by atoms with Gasteiger partial charge in [0.2, 0.25) is 0 Å². The third-order valence-electron chi connectivity index (χ3n) is 1.53. The van der Waals surface area contributed by atoms with Crippen LogP contribution in [0, 0.1) is 0 Å². The molecule has 0 fully saturated rings. The first kappa shape index (κ1) is 14.4. The Balaban J connectivity index is 0. The average Bonchev–Trinajstić information content (AvgIpc) is 1.80. The summed E-state index contributed by atoms with van der Waals surface area (Å²) in [6, 6.07) is 0. The molecule has 0 aromatic carbocycles. The van der Waals surface area contributed by atoms with Gasteiger partial charge in [-0.15, -0.1) is 0 Å². The van der Waals surface area contributed by atoms with Crippen molar-refractivity contribution in [2.45, 2.75) is 25.9 Å². The molecule has 0 heterocycles. The Morgan fingerprint density at radius 3 is 2.08 bits per heavy atom. The van der Waals surface area contributed by atoms with Gasteiger partial charge in [0.25, 0.3) is 0 Å². The molecule has 0 spiro atoms. The minimum atomic E-state index is -1.16. The van der Waals surface area contributed by atoms with Gasteiger partial charge in [-0.1, -0.05) is 0 Å². The molecular weight excluding hydrogens is 178 g/mol.